The van der Waals surface area contributed by atoms with Gasteiger partial charge in [0, 0.05) is 68.6 Å². The zero-order chi connectivity index (χ0) is 63.3. The summed E-state index contributed by atoms with van der Waals surface area (Å²) in [7, 11) is 0. The number of H-pyrrole nitrogens is 2. The molecule has 0 radical (unpaired) electrons. The van der Waals surface area contributed by atoms with Gasteiger partial charge < -0.3 is 84.0 Å². The van der Waals surface area contributed by atoms with Gasteiger partial charge in [0.05, 0.1) is 18.6 Å². The van der Waals surface area contributed by atoms with Crippen molar-refractivity contribution in [3.63, 3.8) is 0 Å². The molecule has 88 heavy (non-hydrogen) atoms. The predicted octanol–water partition coefficient (Wildman–Crippen LogP) is -2.14. The number of likely N-dealkylation sites (tertiary alicyclic amines) is 1. The van der Waals surface area contributed by atoms with E-state index >= 15 is 0 Å². The molecule has 6 rings (SSSR count). The number of fused-ring (bicyclic) bond motifs is 1. The number of rotatable bonds is 32. The number of aliphatic hydroxyl groups is 1. The number of aromatic hydroxyl groups is 1. The number of phenols is 1. The van der Waals surface area contributed by atoms with Crippen molar-refractivity contribution >= 4 is 114 Å². The Morgan fingerprint density at radius 2 is 1.27 bits per heavy atom. The van der Waals surface area contributed by atoms with Crippen LogP contribution in [0.4, 0.5) is 0 Å². The van der Waals surface area contributed by atoms with Crippen molar-refractivity contribution in [2.45, 2.75) is 160 Å². The number of nitrogens with two attached hydrogens (primary N) is 1. The molecule has 2 fully saturated rings. The monoisotopic (exact) mass is 1250 g/mol. The minimum absolute atomic E-state index is 0. The van der Waals surface area contributed by atoms with Crippen molar-refractivity contribution in [2.24, 2.45) is 17.6 Å². The Hall–Kier alpha value is -7.82. The molecule has 29 heteroatoms. The third kappa shape index (κ3) is 21.2. The van der Waals surface area contributed by atoms with Gasteiger partial charge in [-0.05, 0) is 93.0 Å². The molecule has 2 saturated heterocycles. The molecule has 28 nitrogen and oxygen atoms in total. The summed E-state index contributed by atoms with van der Waals surface area (Å²) in [6.07, 6.45) is 5.85. The minimum atomic E-state index is -1.75. The van der Waals surface area contributed by atoms with Crippen LogP contribution in [-0.2, 0) is 67.2 Å². The number of amides is 10. The van der Waals surface area contributed by atoms with Gasteiger partial charge in [0.15, 0.2) is 5.96 Å². The third-order valence-corrected chi connectivity index (χ3v) is 14.9. The van der Waals surface area contributed by atoms with Crippen molar-refractivity contribution in [3.05, 3.63) is 84.1 Å². The number of aromatic nitrogens is 3. The summed E-state index contributed by atoms with van der Waals surface area (Å²) in [4.78, 5) is 151. The number of para-hydroxylation sites is 1. The fourth-order valence-electron chi connectivity index (χ4n) is 10.5. The van der Waals surface area contributed by atoms with Gasteiger partial charge in [-0.25, -0.2) is 4.98 Å². The van der Waals surface area contributed by atoms with Gasteiger partial charge in [0.2, 0.25) is 59.1 Å². The van der Waals surface area contributed by atoms with Crippen LogP contribution in [0.3, 0.4) is 0 Å². The fourth-order valence-corrected chi connectivity index (χ4v) is 10.5. The number of benzene rings is 2. The second-order valence-electron chi connectivity index (χ2n) is 22.8. The number of likely N-dealkylation sites (N-methyl/N-ethyl adjacent to an activating group) is 1. The molecule has 0 spiro atoms. The van der Waals surface area contributed by atoms with Crippen LogP contribution in [0.2, 0.25) is 0 Å². The van der Waals surface area contributed by atoms with Crippen LogP contribution in [0, 0.1) is 17.2 Å². The average Bonchev–Trinajstić information content (AvgIpc) is 4.29. The van der Waals surface area contributed by atoms with E-state index in [2.05, 4.69) is 68.1 Å². The second-order valence-corrected chi connectivity index (χ2v) is 22.8. The molecule has 2 aliphatic rings. The average molecular weight is 1250 g/mol. The van der Waals surface area contributed by atoms with E-state index in [0.29, 0.717) is 48.0 Å². The normalized spacial score (nSPS) is 17.0. The second kappa shape index (κ2) is 34.7. The number of phenolic OH excluding ortho intramolecular Hbond substituents is 1. The van der Waals surface area contributed by atoms with Crippen LogP contribution < -0.4 is 58.9 Å². The summed E-state index contributed by atoms with van der Waals surface area (Å²) in [5.41, 5.74) is 7.62. The molecule has 0 bridgehead atoms. The summed E-state index contributed by atoms with van der Waals surface area (Å²) in [6.45, 7) is 8.87. The molecule has 7 unspecified atom stereocenters. The number of aliphatic hydroxyl groups excluding tert-OH is 1. The fraction of sp³-hybridized carbons (Fsp3) is 0.525. The van der Waals surface area contributed by atoms with Crippen LogP contribution in [0.5, 0.6) is 5.75 Å². The van der Waals surface area contributed by atoms with Gasteiger partial charge >= 0.3 is 37.7 Å². The Morgan fingerprint density at radius 1 is 0.705 bits per heavy atom. The van der Waals surface area contributed by atoms with Gasteiger partial charge in [0.1, 0.15) is 60.1 Å². The molecule has 4 aromatic rings. The van der Waals surface area contributed by atoms with Crippen molar-refractivity contribution < 1.29 is 58.2 Å². The van der Waals surface area contributed by atoms with E-state index in [-0.39, 0.29) is 138 Å². The van der Waals surface area contributed by atoms with Crippen LogP contribution in [-0.4, -0.2) is 213 Å². The molecule has 4 heterocycles. The Kier molecular flexibility index (Phi) is 27.9. The maximum atomic E-state index is 14.7. The topological polar surface area (TPSA) is 429 Å². The summed E-state index contributed by atoms with van der Waals surface area (Å²) < 4.78 is 0. The predicted molar refractivity (Wildman–Crippen MR) is 328 cm³/mol. The number of imidazole rings is 1. The van der Waals surface area contributed by atoms with Gasteiger partial charge in [-0.1, -0.05) is 58.0 Å². The first-order valence-corrected chi connectivity index (χ1v) is 29.5. The summed E-state index contributed by atoms with van der Waals surface area (Å²) in [5.74, 6) is -7.71. The molecular weight excluding hydrogens is 1160 g/mol. The van der Waals surface area contributed by atoms with Gasteiger partial charge in [0.25, 0.3) is 0 Å². The number of aromatic amines is 2. The van der Waals surface area contributed by atoms with Crippen LogP contribution in [0.15, 0.2) is 67.3 Å². The number of hydrogen-bond donors (Lipinski definition) is 16. The first kappa shape index (κ1) is 70.9. The number of carbonyl (C=O) groups excluding carboxylic acids is 10. The first-order chi connectivity index (χ1) is 41.5. The first-order valence-electron chi connectivity index (χ1n) is 29.5. The molecule has 17 N–H and O–H groups in total. The van der Waals surface area contributed by atoms with Gasteiger partial charge in [-0.15, -0.1) is 0 Å². The van der Waals surface area contributed by atoms with E-state index < -0.39 is 108 Å². The molecular formula is C59H86CaN16O12. The standard InChI is InChI=1S/C59H84N16O12.Ca.2H/c1-6-63-57(86)48-14-10-22-75(48)58(87)41(13-9-21-64-59(60)61)68-51(80)42(23-32(2)3)69-52(81)43(24-33(4)5)70-53(82)44(25-34-15-17-37(77)18-16-34)71-56(85)47(30-76)74-54(83)45(26-35-28-65-39-12-8-7-11-38(35)39)72-55(84)46(27-36-29-62-31-66-36)73-50(79)40-19-20-49(78)67-40;;;/h7-8,11-12,15-18,28-29,31-33,40-48,65,76-77H,6,9-10,13-14,19-27,30H2,1-5H3,(H,62,66)(H,63,86)(H,67,78)(H,68,80)(H,69,81)(H,70,82)(H,71,85)(H,72,84)(H,73,79)(H,74,83)(H4,60,61,64);;;/t40-,41?,42?,43?,44?,45?,46?,47?,48-;;;/m0.../s1. The van der Waals surface area contributed by atoms with Crippen LogP contribution in [0.25, 0.3) is 10.9 Å². The van der Waals surface area contributed by atoms with E-state index in [0.717, 1.165) is 5.52 Å². The molecule has 0 saturated carbocycles. The number of carbonyl (C=O) groups is 10. The zero-order valence-corrected chi connectivity index (χ0v) is 49.8. The van der Waals surface area contributed by atoms with Gasteiger partial charge in [-0.2, -0.15) is 0 Å². The maximum absolute atomic E-state index is 14.7. The number of nitrogens with zero attached hydrogens (tertiary/aromatic N) is 2. The molecule has 2 aromatic carbocycles. The Bertz CT molecular complexity index is 3050. The summed E-state index contributed by atoms with van der Waals surface area (Å²) >= 11 is 0. The van der Waals surface area contributed by atoms with Crippen molar-refractivity contribution in [2.75, 3.05) is 26.2 Å². The number of nitrogens with one attached hydrogen (secondary N) is 13. The number of guanidine groups is 1. The number of hydrogen-bond acceptors (Lipinski definition) is 14. The van der Waals surface area contributed by atoms with Crippen molar-refractivity contribution in [3.8, 4) is 5.75 Å². The van der Waals surface area contributed by atoms with E-state index in [1.165, 1.54) is 41.7 Å². The molecule has 9 atom stereocenters. The molecule has 10 amide bonds. The van der Waals surface area contributed by atoms with E-state index in [1.54, 1.807) is 45.2 Å². The van der Waals surface area contributed by atoms with E-state index in [9.17, 15) is 58.2 Å². The molecule has 476 valence electrons. The molecule has 2 aliphatic heterocycles. The SMILES string of the molecule is CCNC(=O)[C@@H]1CCCN1C(=O)C(CCCNC(=N)N)NC(=O)C(CC(C)C)NC(=O)C(CC(C)C)NC(=O)C(Cc1ccc(O)cc1)NC(=O)C(CO)NC(=O)C(Cc1c[nH]c2ccccc12)NC(=O)C(Cc1c[nH]cn1)NC(=O)[C@@H]1CCC(=O)N1.[CaH2]. The zero-order valence-electron chi connectivity index (χ0n) is 49.8. The summed E-state index contributed by atoms with van der Waals surface area (Å²) in [5, 5.41) is 56.1. The molecule has 2 aromatic heterocycles. The van der Waals surface area contributed by atoms with E-state index in [4.69, 9.17) is 11.1 Å². The van der Waals surface area contributed by atoms with Crippen LogP contribution >= 0.6 is 0 Å². The van der Waals surface area contributed by atoms with Gasteiger partial charge in [-0.3, -0.25) is 53.4 Å². The Balaban J connectivity index is 0.0000141. The van der Waals surface area contributed by atoms with Crippen molar-refractivity contribution in [1.82, 2.24) is 73.0 Å². The quantitative estimate of drug-likeness (QED) is 0.0107. The third-order valence-electron chi connectivity index (χ3n) is 14.9. The summed E-state index contributed by atoms with van der Waals surface area (Å²) in [6, 6.07) is 1.54. The van der Waals surface area contributed by atoms with Crippen molar-refractivity contribution in [1.29, 1.82) is 5.41 Å². The Morgan fingerprint density at radius 3 is 1.84 bits per heavy atom. The Labute approximate surface area is 540 Å². The van der Waals surface area contributed by atoms with Crippen LogP contribution in [0.1, 0.15) is 103 Å². The van der Waals surface area contributed by atoms with E-state index in [1.807, 2.05) is 19.9 Å². The molecule has 0 aliphatic carbocycles.